The second-order valence-electron chi connectivity index (χ2n) is 4.90. The average molecular weight is 333 g/mol. The zero-order valence-corrected chi connectivity index (χ0v) is 12.5. The van der Waals surface area contributed by atoms with E-state index in [4.69, 9.17) is 11.6 Å². The van der Waals surface area contributed by atoms with Crippen LogP contribution in [-0.2, 0) is 0 Å². The maximum absolute atomic E-state index is 14.2. The Labute approximate surface area is 136 Å². The highest BCUT2D eigenvalue weighted by Gasteiger charge is 2.20. The molecule has 0 atom stereocenters. The SMILES string of the molecule is O=[N+]([O-])C=[13C]1CN=C(c2ccccc2F)c2cc(Cl)ccc2N1. The van der Waals surface area contributed by atoms with Crippen LogP contribution in [-0.4, -0.2) is 17.2 Å². The molecule has 0 saturated heterocycles. The number of nitrogens with zero attached hydrogens (tertiary/aromatic N) is 2. The van der Waals surface area contributed by atoms with Crippen LogP contribution in [0.3, 0.4) is 0 Å². The minimum absolute atomic E-state index is 0.0386. The zero-order chi connectivity index (χ0) is 16.4. The van der Waals surface area contributed by atoms with Gasteiger partial charge in [0.15, 0.2) is 0 Å². The first-order valence-electron chi connectivity index (χ1n) is 6.75. The fourth-order valence-electron chi connectivity index (χ4n) is 2.37. The molecule has 0 fully saturated rings. The van der Waals surface area contributed by atoms with E-state index in [0.29, 0.717) is 33.2 Å². The first-order chi connectivity index (χ1) is 11.0. The predicted octanol–water partition coefficient (Wildman–Crippen LogP) is 3.86. The summed E-state index contributed by atoms with van der Waals surface area (Å²) in [4.78, 5) is 14.5. The Hall–Kier alpha value is -2.73. The van der Waals surface area contributed by atoms with Crippen molar-refractivity contribution in [3.8, 4) is 0 Å². The third-order valence-electron chi connectivity index (χ3n) is 3.33. The molecule has 5 nitrogen and oxygen atoms in total. The minimum Gasteiger partial charge on any atom is -0.352 e. The molecule has 0 aromatic heterocycles. The number of halogens is 2. The molecule has 2 aromatic rings. The lowest BCUT2D eigenvalue weighted by molar-refractivity contribution is -0.403. The van der Waals surface area contributed by atoms with E-state index in [9.17, 15) is 14.5 Å². The van der Waals surface area contributed by atoms with Crippen LogP contribution in [0.2, 0.25) is 5.02 Å². The molecule has 1 aliphatic rings. The van der Waals surface area contributed by atoms with Gasteiger partial charge < -0.3 is 5.32 Å². The molecule has 1 heterocycles. The van der Waals surface area contributed by atoms with Gasteiger partial charge in [-0.3, -0.25) is 15.1 Å². The number of fused-ring (bicyclic) bond motifs is 1. The Kier molecular flexibility index (Phi) is 4.08. The lowest BCUT2D eigenvalue weighted by Crippen LogP contribution is -2.07. The molecule has 116 valence electrons. The summed E-state index contributed by atoms with van der Waals surface area (Å²) in [5, 5.41) is 14.1. The topological polar surface area (TPSA) is 67.5 Å². The van der Waals surface area contributed by atoms with Crippen molar-refractivity contribution in [1.29, 1.82) is 0 Å². The Morgan fingerprint density at radius 3 is 2.78 bits per heavy atom. The average Bonchev–Trinajstić information content (AvgIpc) is 2.66. The van der Waals surface area contributed by atoms with E-state index in [-0.39, 0.29) is 6.54 Å². The number of aliphatic imine (C=N–C) groups is 1. The fraction of sp³-hybridized carbons (Fsp3) is 0.0625. The summed E-state index contributed by atoms with van der Waals surface area (Å²) in [5.41, 5.74) is 2.21. The Balaban J connectivity index is 2.19. The van der Waals surface area contributed by atoms with E-state index in [1.807, 2.05) is 0 Å². The zero-order valence-electron chi connectivity index (χ0n) is 11.8. The second kappa shape index (κ2) is 6.18. The van der Waals surface area contributed by atoms with Crippen LogP contribution in [0.15, 0.2) is 59.4 Å². The molecular weight excluding hydrogens is 322 g/mol. The predicted molar refractivity (Wildman–Crippen MR) is 87.1 cm³/mol. The van der Waals surface area contributed by atoms with Crippen LogP contribution >= 0.6 is 11.6 Å². The molecule has 2 aromatic carbocycles. The van der Waals surface area contributed by atoms with Gasteiger partial charge in [-0.1, -0.05) is 23.7 Å². The number of hydrogen-bond acceptors (Lipinski definition) is 4. The van der Waals surface area contributed by atoms with Crippen LogP contribution in [0.25, 0.3) is 0 Å². The van der Waals surface area contributed by atoms with Crippen LogP contribution in [0.4, 0.5) is 10.1 Å². The van der Waals surface area contributed by atoms with Gasteiger partial charge in [0, 0.05) is 21.8 Å². The highest BCUT2D eigenvalue weighted by atomic mass is 35.5. The number of nitrogens with one attached hydrogen (secondary N) is 1. The first-order valence-corrected chi connectivity index (χ1v) is 7.13. The number of hydrogen-bond donors (Lipinski definition) is 1. The van der Waals surface area contributed by atoms with Crippen molar-refractivity contribution in [1.82, 2.24) is 0 Å². The fourth-order valence-corrected chi connectivity index (χ4v) is 2.54. The standard InChI is InChI=1S/C16H11ClFN3O2/c17-10-5-6-15-13(7-10)16(12-3-1-2-4-14(12)18)19-8-11(20-15)9-21(22)23/h1-7,9,20H,8H2/i11+1. The molecule has 7 heteroatoms. The number of nitro groups is 1. The van der Waals surface area contributed by atoms with E-state index in [0.717, 1.165) is 6.20 Å². The van der Waals surface area contributed by atoms with E-state index in [1.54, 1.807) is 36.4 Å². The molecule has 0 radical (unpaired) electrons. The summed E-state index contributed by atoms with van der Waals surface area (Å²) in [5.74, 6) is -0.418. The largest absolute Gasteiger partial charge is 0.352 e. The van der Waals surface area contributed by atoms with Crippen LogP contribution in [0, 0.1) is 15.9 Å². The summed E-state index contributed by atoms with van der Waals surface area (Å²) in [6.45, 7) is 0.0386. The molecule has 1 N–H and O–H groups in total. The Morgan fingerprint density at radius 1 is 1.26 bits per heavy atom. The third-order valence-corrected chi connectivity index (χ3v) is 3.56. The van der Waals surface area contributed by atoms with Gasteiger partial charge in [-0.25, -0.2) is 4.39 Å². The van der Waals surface area contributed by atoms with Crippen LogP contribution in [0.5, 0.6) is 0 Å². The normalized spacial score (nSPS) is 15.4. The highest BCUT2D eigenvalue weighted by molar-refractivity contribution is 6.31. The highest BCUT2D eigenvalue weighted by Crippen LogP contribution is 2.28. The van der Waals surface area contributed by atoms with Crippen molar-refractivity contribution in [3.63, 3.8) is 0 Å². The number of anilines is 1. The molecule has 1 aliphatic heterocycles. The van der Waals surface area contributed by atoms with Crippen molar-refractivity contribution in [2.75, 3.05) is 11.9 Å². The molecule has 0 amide bonds. The van der Waals surface area contributed by atoms with Gasteiger partial charge in [0.1, 0.15) is 11.5 Å². The first kappa shape index (κ1) is 15.2. The quantitative estimate of drug-likeness (QED) is 0.516. The van der Waals surface area contributed by atoms with Crippen molar-refractivity contribution in [3.05, 3.63) is 86.4 Å². The summed E-state index contributed by atoms with van der Waals surface area (Å²) in [6.07, 6.45) is 0.853. The molecule has 0 bridgehead atoms. The van der Waals surface area contributed by atoms with E-state index in [2.05, 4.69) is 10.3 Å². The minimum atomic E-state index is -0.554. The van der Waals surface area contributed by atoms with Gasteiger partial charge in [-0.15, -0.1) is 0 Å². The molecule has 0 unspecified atom stereocenters. The van der Waals surface area contributed by atoms with Crippen molar-refractivity contribution in [2.45, 2.75) is 0 Å². The number of rotatable bonds is 2. The molecule has 0 aliphatic carbocycles. The van der Waals surface area contributed by atoms with E-state index < -0.39 is 10.7 Å². The Bertz CT molecular complexity index is 849. The van der Waals surface area contributed by atoms with Gasteiger partial charge >= 0.3 is 0 Å². The van der Waals surface area contributed by atoms with Crippen LogP contribution < -0.4 is 5.32 Å². The summed E-state index contributed by atoms with van der Waals surface area (Å²) >= 11 is 6.04. The molecular formula is C16H11ClFN3O2. The smallest absolute Gasteiger partial charge is 0.255 e. The lowest BCUT2D eigenvalue weighted by atomic mass is 10.0. The summed E-state index contributed by atoms with van der Waals surface area (Å²) < 4.78 is 14.2. The van der Waals surface area contributed by atoms with Gasteiger partial charge in [0.05, 0.1) is 17.2 Å². The van der Waals surface area contributed by atoms with E-state index >= 15 is 0 Å². The Morgan fingerprint density at radius 2 is 2.04 bits per heavy atom. The summed E-state index contributed by atoms with van der Waals surface area (Å²) in [7, 11) is 0. The maximum Gasteiger partial charge on any atom is 0.255 e. The molecule has 0 spiro atoms. The maximum atomic E-state index is 14.2. The lowest BCUT2D eigenvalue weighted by Gasteiger charge is -2.11. The summed E-state index contributed by atoms with van der Waals surface area (Å²) in [6, 6.07) is 11.2. The number of benzodiazepines with no additional fused rings is 1. The van der Waals surface area contributed by atoms with Crippen molar-refractivity contribution < 1.29 is 9.31 Å². The van der Waals surface area contributed by atoms with Crippen molar-refractivity contribution in [2.24, 2.45) is 4.99 Å². The van der Waals surface area contributed by atoms with Gasteiger partial charge in [0.25, 0.3) is 6.20 Å². The third kappa shape index (κ3) is 3.22. The monoisotopic (exact) mass is 332 g/mol. The second-order valence-corrected chi connectivity index (χ2v) is 5.34. The van der Waals surface area contributed by atoms with Gasteiger partial charge in [-0.2, -0.15) is 0 Å². The number of benzene rings is 2. The molecule has 3 rings (SSSR count). The van der Waals surface area contributed by atoms with Gasteiger partial charge in [-0.05, 0) is 30.3 Å². The molecule has 23 heavy (non-hydrogen) atoms. The molecule has 0 saturated carbocycles. The van der Waals surface area contributed by atoms with Gasteiger partial charge in [0.2, 0.25) is 0 Å². The van der Waals surface area contributed by atoms with Crippen molar-refractivity contribution >= 4 is 23.0 Å². The van der Waals surface area contributed by atoms with E-state index in [1.165, 1.54) is 6.07 Å². The van der Waals surface area contributed by atoms with Crippen LogP contribution in [0.1, 0.15) is 11.1 Å².